The van der Waals surface area contributed by atoms with E-state index in [0.29, 0.717) is 22.6 Å². The molecular formula is C27H30O3SSi. The highest BCUT2D eigenvalue weighted by Gasteiger charge is 2.52. The van der Waals surface area contributed by atoms with Crippen LogP contribution in [0.2, 0.25) is 5.04 Å². The summed E-state index contributed by atoms with van der Waals surface area (Å²) in [6.45, 7) is 6.63. The van der Waals surface area contributed by atoms with Gasteiger partial charge in [0.1, 0.15) is 0 Å². The molecule has 1 aliphatic carbocycles. The van der Waals surface area contributed by atoms with Crippen molar-refractivity contribution in [3.8, 4) is 0 Å². The molecule has 0 aliphatic heterocycles. The molecule has 0 heterocycles. The van der Waals surface area contributed by atoms with Crippen LogP contribution in [0.15, 0.2) is 107 Å². The van der Waals surface area contributed by atoms with Gasteiger partial charge in [-0.15, -0.1) is 0 Å². The molecule has 32 heavy (non-hydrogen) atoms. The number of rotatable bonds is 6. The number of hydrogen-bond acceptors (Lipinski definition) is 3. The first-order valence-corrected chi connectivity index (χ1v) is 14.4. The van der Waals surface area contributed by atoms with Gasteiger partial charge >= 0.3 is 0 Å². The minimum absolute atomic E-state index is 0.208. The summed E-state index contributed by atoms with van der Waals surface area (Å²) in [5, 5.41) is 2.10. The Hall–Kier alpha value is -2.47. The SMILES string of the molecule is CC(C)(C)[Si](OC1CCC=C1S(=O)(=O)c1ccccc1)(c1ccccc1)c1ccccc1. The van der Waals surface area contributed by atoms with Crippen LogP contribution in [0.25, 0.3) is 0 Å². The predicted octanol–water partition coefficient (Wildman–Crippen LogP) is 5.08. The van der Waals surface area contributed by atoms with Gasteiger partial charge in [0.2, 0.25) is 9.84 Å². The molecule has 5 heteroatoms. The van der Waals surface area contributed by atoms with Crippen LogP contribution in [0.3, 0.4) is 0 Å². The maximum atomic E-state index is 13.5. The van der Waals surface area contributed by atoms with E-state index in [2.05, 4.69) is 45.0 Å². The molecule has 0 spiro atoms. The normalized spacial score (nSPS) is 17.2. The third-order valence-electron chi connectivity index (χ3n) is 6.19. The third-order valence-corrected chi connectivity index (χ3v) is 13.2. The molecule has 0 N–H and O–H groups in total. The summed E-state index contributed by atoms with van der Waals surface area (Å²) < 4.78 is 34.2. The highest BCUT2D eigenvalue weighted by Crippen LogP contribution is 2.41. The van der Waals surface area contributed by atoms with Crippen molar-refractivity contribution in [3.63, 3.8) is 0 Å². The first-order valence-electron chi connectivity index (χ1n) is 11.1. The van der Waals surface area contributed by atoms with Crippen LogP contribution >= 0.6 is 0 Å². The zero-order chi connectivity index (χ0) is 22.8. The highest BCUT2D eigenvalue weighted by atomic mass is 32.2. The van der Waals surface area contributed by atoms with Crippen LogP contribution in [0.5, 0.6) is 0 Å². The van der Waals surface area contributed by atoms with Crippen molar-refractivity contribution >= 4 is 28.5 Å². The molecule has 0 saturated heterocycles. The average Bonchev–Trinajstić information content (AvgIpc) is 3.27. The zero-order valence-corrected chi connectivity index (χ0v) is 20.7. The van der Waals surface area contributed by atoms with E-state index >= 15 is 0 Å². The van der Waals surface area contributed by atoms with Gasteiger partial charge in [-0.3, -0.25) is 0 Å². The summed E-state index contributed by atoms with van der Waals surface area (Å²) in [6.07, 6.45) is 2.76. The van der Waals surface area contributed by atoms with E-state index in [9.17, 15) is 8.42 Å². The fourth-order valence-electron chi connectivity index (χ4n) is 4.69. The first-order chi connectivity index (χ1) is 15.3. The Morgan fingerprint density at radius 2 is 1.25 bits per heavy atom. The fraction of sp³-hybridized carbons (Fsp3) is 0.259. The van der Waals surface area contributed by atoms with Crippen molar-refractivity contribution in [2.24, 2.45) is 0 Å². The van der Waals surface area contributed by atoms with Crippen molar-refractivity contribution in [2.45, 2.75) is 49.7 Å². The van der Waals surface area contributed by atoms with E-state index in [4.69, 9.17) is 4.43 Å². The maximum absolute atomic E-state index is 13.5. The summed E-state index contributed by atoms with van der Waals surface area (Å²) in [4.78, 5) is 0.723. The second-order valence-corrected chi connectivity index (χ2v) is 15.5. The van der Waals surface area contributed by atoms with Gasteiger partial charge in [0, 0.05) is 0 Å². The molecule has 3 aromatic rings. The molecule has 0 fully saturated rings. The topological polar surface area (TPSA) is 43.4 Å². The Kier molecular flexibility index (Phi) is 6.25. The lowest BCUT2D eigenvalue weighted by molar-refractivity contribution is 0.228. The third kappa shape index (κ3) is 4.01. The van der Waals surface area contributed by atoms with Gasteiger partial charge in [0.25, 0.3) is 8.32 Å². The van der Waals surface area contributed by atoms with Gasteiger partial charge in [-0.05, 0) is 40.4 Å². The molecule has 1 unspecified atom stereocenters. The Morgan fingerprint density at radius 1 is 0.781 bits per heavy atom. The Labute approximate surface area is 192 Å². The molecular weight excluding hydrogens is 432 g/mol. The molecule has 0 amide bonds. The molecule has 0 aromatic heterocycles. The minimum atomic E-state index is -3.61. The minimum Gasteiger partial charge on any atom is -0.400 e. The van der Waals surface area contributed by atoms with Crippen LogP contribution in [0, 0.1) is 0 Å². The van der Waals surface area contributed by atoms with Crippen LogP contribution in [-0.2, 0) is 14.3 Å². The monoisotopic (exact) mass is 462 g/mol. The molecule has 166 valence electrons. The number of sulfone groups is 1. The highest BCUT2D eigenvalue weighted by molar-refractivity contribution is 7.95. The molecule has 0 bridgehead atoms. The fourth-order valence-corrected chi connectivity index (χ4v) is 11.1. The van der Waals surface area contributed by atoms with Gasteiger partial charge in [-0.1, -0.05) is 106 Å². The molecule has 3 aromatic carbocycles. The second-order valence-electron chi connectivity index (χ2n) is 9.27. The Bertz CT molecular complexity index is 1140. The van der Waals surface area contributed by atoms with Crippen LogP contribution < -0.4 is 10.4 Å². The van der Waals surface area contributed by atoms with Gasteiger partial charge < -0.3 is 4.43 Å². The van der Waals surface area contributed by atoms with Gasteiger partial charge in [0.15, 0.2) is 0 Å². The first kappa shape index (κ1) is 22.7. The second kappa shape index (κ2) is 8.81. The van der Waals surface area contributed by atoms with E-state index in [0.717, 1.165) is 10.4 Å². The Balaban J connectivity index is 1.85. The van der Waals surface area contributed by atoms with E-state index < -0.39 is 24.3 Å². The molecule has 0 saturated carbocycles. The summed E-state index contributed by atoms with van der Waals surface area (Å²) in [7, 11) is -6.45. The van der Waals surface area contributed by atoms with E-state index in [1.165, 1.54) is 0 Å². The lowest BCUT2D eigenvalue weighted by atomic mass is 10.2. The Morgan fingerprint density at radius 3 is 1.72 bits per heavy atom. The summed E-state index contributed by atoms with van der Waals surface area (Å²) in [5.74, 6) is 0. The standard InChI is InChI=1S/C27H30O3SSi/c1-27(2,3)32(23-16-9-5-10-17-23,24-18-11-6-12-19-24)30-25-20-13-21-26(25)31(28,29)22-14-7-4-8-15-22/h4-12,14-19,21,25H,13,20H2,1-3H3. The molecule has 0 radical (unpaired) electrons. The average molecular weight is 463 g/mol. The lowest BCUT2D eigenvalue weighted by Gasteiger charge is -2.45. The molecule has 1 atom stereocenters. The largest absolute Gasteiger partial charge is 0.400 e. The van der Waals surface area contributed by atoms with Gasteiger partial charge in [0.05, 0.1) is 15.9 Å². The molecule has 1 aliphatic rings. The van der Waals surface area contributed by atoms with Crippen LogP contribution in [0.1, 0.15) is 33.6 Å². The van der Waals surface area contributed by atoms with Gasteiger partial charge in [-0.25, -0.2) is 8.42 Å². The van der Waals surface area contributed by atoms with Crippen molar-refractivity contribution in [1.29, 1.82) is 0 Å². The number of allylic oxidation sites excluding steroid dienone is 1. The lowest BCUT2D eigenvalue weighted by Crippen LogP contribution is -2.67. The van der Waals surface area contributed by atoms with Crippen LogP contribution in [-0.4, -0.2) is 22.8 Å². The zero-order valence-electron chi connectivity index (χ0n) is 18.9. The van der Waals surface area contributed by atoms with Crippen molar-refractivity contribution in [3.05, 3.63) is 102 Å². The summed E-state index contributed by atoms with van der Waals surface area (Å²) in [6, 6.07) is 29.4. The number of hydrogen-bond donors (Lipinski definition) is 0. The van der Waals surface area contributed by atoms with Crippen LogP contribution in [0.4, 0.5) is 0 Å². The maximum Gasteiger partial charge on any atom is 0.261 e. The van der Waals surface area contributed by atoms with E-state index in [1.54, 1.807) is 24.3 Å². The van der Waals surface area contributed by atoms with Crippen molar-refractivity contribution in [2.75, 3.05) is 0 Å². The molecule has 3 nitrogen and oxygen atoms in total. The van der Waals surface area contributed by atoms with Crippen molar-refractivity contribution in [1.82, 2.24) is 0 Å². The summed E-state index contributed by atoms with van der Waals surface area (Å²) >= 11 is 0. The number of benzene rings is 3. The molecule has 4 rings (SSSR count). The van der Waals surface area contributed by atoms with Crippen molar-refractivity contribution < 1.29 is 12.8 Å². The smallest absolute Gasteiger partial charge is 0.261 e. The quantitative estimate of drug-likeness (QED) is 0.480. The van der Waals surface area contributed by atoms with E-state index in [1.807, 2.05) is 48.5 Å². The van der Waals surface area contributed by atoms with E-state index in [-0.39, 0.29) is 5.04 Å². The predicted molar refractivity (Wildman–Crippen MR) is 133 cm³/mol. The van der Waals surface area contributed by atoms with Gasteiger partial charge in [-0.2, -0.15) is 0 Å². The summed E-state index contributed by atoms with van der Waals surface area (Å²) in [5.41, 5.74) is 0.